The molecule has 34 heavy (non-hydrogen) atoms. The highest BCUT2D eigenvalue weighted by atomic mass is 35.5. The second-order valence-corrected chi connectivity index (χ2v) is 8.30. The minimum Gasteiger partial charge on any atom is -0.491 e. The first-order chi connectivity index (χ1) is 16.4. The molecule has 0 saturated heterocycles. The number of carbonyl (C=O) groups is 1. The predicted molar refractivity (Wildman–Crippen MR) is 136 cm³/mol. The number of carbonyl (C=O) groups excluding carboxylic acids is 1. The quantitative estimate of drug-likeness (QED) is 0.305. The smallest absolute Gasteiger partial charge is 0.337 e. The van der Waals surface area contributed by atoms with Crippen LogP contribution in [-0.2, 0) is 11.2 Å². The maximum atomic E-state index is 13.3. The van der Waals surface area contributed by atoms with Gasteiger partial charge in [0, 0.05) is 16.0 Å². The molecule has 3 aromatic carbocycles. The number of fused-ring (bicyclic) bond motifs is 1. The van der Waals surface area contributed by atoms with Crippen LogP contribution in [0.4, 0.5) is 0 Å². The lowest BCUT2D eigenvalue weighted by atomic mass is 9.97. The third-order valence-electron chi connectivity index (χ3n) is 5.77. The lowest BCUT2D eigenvalue weighted by Gasteiger charge is -2.18. The van der Waals surface area contributed by atoms with Gasteiger partial charge in [0.25, 0.3) is 5.56 Å². The van der Waals surface area contributed by atoms with Crippen LogP contribution in [0.5, 0.6) is 5.75 Å². The van der Waals surface area contributed by atoms with Crippen molar-refractivity contribution in [2.45, 2.75) is 12.8 Å². The third-order valence-corrected chi connectivity index (χ3v) is 6.01. The van der Waals surface area contributed by atoms with Crippen molar-refractivity contribution in [1.82, 2.24) is 4.57 Å². The van der Waals surface area contributed by atoms with Crippen molar-refractivity contribution in [1.29, 1.82) is 0 Å². The molecular weight excluding hydrogens is 450 g/mol. The van der Waals surface area contributed by atoms with Gasteiger partial charge in [0.15, 0.2) is 5.75 Å². The van der Waals surface area contributed by atoms with Gasteiger partial charge in [-0.2, -0.15) is 0 Å². The number of benzene rings is 3. The van der Waals surface area contributed by atoms with Crippen molar-refractivity contribution in [2.24, 2.45) is 0 Å². The molecule has 0 N–H and O–H groups in total. The zero-order chi connectivity index (χ0) is 24.2. The van der Waals surface area contributed by atoms with Gasteiger partial charge < -0.3 is 9.47 Å². The molecule has 0 saturated carbocycles. The number of pyridine rings is 1. The van der Waals surface area contributed by atoms with E-state index in [1.807, 2.05) is 42.5 Å². The van der Waals surface area contributed by atoms with Gasteiger partial charge in [0.1, 0.15) is 0 Å². The van der Waals surface area contributed by atoms with E-state index in [9.17, 15) is 9.59 Å². The largest absolute Gasteiger partial charge is 0.491 e. The van der Waals surface area contributed by atoms with Crippen LogP contribution in [0.15, 0.2) is 84.2 Å². The van der Waals surface area contributed by atoms with E-state index in [0.29, 0.717) is 22.7 Å². The molecule has 4 rings (SSSR count). The molecule has 0 aliphatic carbocycles. The highest BCUT2D eigenvalue weighted by Gasteiger charge is 2.16. The van der Waals surface area contributed by atoms with Crippen LogP contribution in [0, 0.1) is 0 Å². The molecule has 0 aliphatic rings. The molecule has 1 heterocycles. The first kappa shape index (κ1) is 23.3. The van der Waals surface area contributed by atoms with E-state index in [4.69, 9.17) is 21.1 Å². The number of ether oxygens (including phenoxy) is 2. The Hall–Kier alpha value is -3.83. The van der Waals surface area contributed by atoms with Crippen LogP contribution in [-0.4, -0.2) is 24.8 Å². The van der Waals surface area contributed by atoms with Crippen molar-refractivity contribution >= 4 is 34.0 Å². The van der Waals surface area contributed by atoms with E-state index >= 15 is 0 Å². The standard InChI is InChI=1S/C28H24ClNO4/c1-18(8-9-19-10-12-20(13-11-19)28(32)34-3)23-15-14-22(29)17-25(23)30-24-7-5-4-6-21(24)16-26(33-2)27(30)31/h4-7,10-17H,1,8-9H2,2-3H3. The van der Waals surface area contributed by atoms with Crippen LogP contribution >= 0.6 is 11.6 Å². The molecule has 0 spiro atoms. The number of allylic oxidation sites excluding steroid dienone is 1. The Kier molecular flexibility index (Phi) is 6.85. The molecular formula is C28H24ClNO4. The Morgan fingerprint density at radius 2 is 1.74 bits per heavy atom. The molecule has 0 fully saturated rings. The molecule has 0 radical (unpaired) electrons. The number of aryl methyl sites for hydroxylation is 1. The maximum Gasteiger partial charge on any atom is 0.337 e. The fourth-order valence-corrected chi connectivity index (χ4v) is 4.13. The number of hydrogen-bond donors (Lipinski definition) is 0. The van der Waals surface area contributed by atoms with Gasteiger partial charge in [-0.05, 0) is 60.4 Å². The summed E-state index contributed by atoms with van der Waals surface area (Å²) in [5.41, 5.74) is 4.40. The zero-order valence-electron chi connectivity index (χ0n) is 19.0. The Balaban J connectivity index is 1.71. The number of esters is 1. The summed E-state index contributed by atoms with van der Waals surface area (Å²) in [6, 6.07) is 22.2. The maximum absolute atomic E-state index is 13.3. The average molecular weight is 474 g/mol. The Labute approximate surface area is 202 Å². The third kappa shape index (κ3) is 4.61. The average Bonchev–Trinajstić information content (AvgIpc) is 2.86. The molecule has 6 heteroatoms. The minimum atomic E-state index is -0.363. The molecule has 1 aromatic heterocycles. The molecule has 5 nitrogen and oxygen atoms in total. The van der Waals surface area contributed by atoms with Crippen LogP contribution < -0.4 is 10.3 Å². The lowest BCUT2D eigenvalue weighted by Crippen LogP contribution is -2.21. The minimum absolute atomic E-state index is 0.251. The summed E-state index contributed by atoms with van der Waals surface area (Å²) in [6.07, 6.45) is 1.37. The summed E-state index contributed by atoms with van der Waals surface area (Å²) < 4.78 is 11.7. The summed E-state index contributed by atoms with van der Waals surface area (Å²) in [5.74, 6) is -0.112. The summed E-state index contributed by atoms with van der Waals surface area (Å²) in [7, 11) is 2.85. The monoisotopic (exact) mass is 473 g/mol. The van der Waals surface area contributed by atoms with Gasteiger partial charge in [-0.3, -0.25) is 9.36 Å². The molecule has 0 aliphatic heterocycles. The molecule has 4 aromatic rings. The van der Waals surface area contributed by atoms with E-state index in [0.717, 1.165) is 34.0 Å². The van der Waals surface area contributed by atoms with Crippen molar-refractivity contribution in [3.63, 3.8) is 0 Å². The molecule has 172 valence electrons. The van der Waals surface area contributed by atoms with Crippen LogP contribution in [0.25, 0.3) is 22.2 Å². The second kappa shape index (κ2) is 9.98. The highest BCUT2D eigenvalue weighted by molar-refractivity contribution is 6.30. The van der Waals surface area contributed by atoms with Gasteiger partial charge in [0.2, 0.25) is 0 Å². The Morgan fingerprint density at radius 3 is 2.44 bits per heavy atom. The van der Waals surface area contributed by atoms with Gasteiger partial charge >= 0.3 is 5.97 Å². The number of nitrogens with zero attached hydrogens (tertiary/aromatic N) is 1. The topological polar surface area (TPSA) is 57.5 Å². The van der Waals surface area contributed by atoms with E-state index in [1.165, 1.54) is 14.2 Å². The predicted octanol–water partition coefficient (Wildman–Crippen LogP) is 6.09. The van der Waals surface area contributed by atoms with Crippen LogP contribution in [0.1, 0.15) is 27.9 Å². The number of aromatic nitrogens is 1. The number of rotatable bonds is 7. The Bertz CT molecular complexity index is 1440. The molecule has 0 amide bonds. The van der Waals surface area contributed by atoms with E-state index in [1.54, 1.807) is 34.9 Å². The number of halogens is 1. The highest BCUT2D eigenvalue weighted by Crippen LogP contribution is 2.30. The van der Waals surface area contributed by atoms with Gasteiger partial charge in [0.05, 0.1) is 31.0 Å². The van der Waals surface area contributed by atoms with E-state index < -0.39 is 0 Å². The first-order valence-electron chi connectivity index (χ1n) is 10.8. The zero-order valence-corrected chi connectivity index (χ0v) is 19.8. The van der Waals surface area contributed by atoms with Gasteiger partial charge in [-0.15, -0.1) is 0 Å². The number of hydrogen-bond acceptors (Lipinski definition) is 4. The van der Waals surface area contributed by atoms with Crippen molar-refractivity contribution < 1.29 is 14.3 Å². The van der Waals surface area contributed by atoms with E-state index in [-0.39, 0.29) is 17.3 Å². The second-order valence-electron chi connectivity index (χ2n) is 7.87. The lowest BCUT2D eigenvalue weighted by molar-refractivity contribution is 0.0600. The first-order valence-corrected chi connectivity index (χ1v) is 11.1. The van der Waals surface area contributed by atoms with Crippen molar-refractivity contribution in [2.75, 3.05) is 14.2 Å². The Morgan fingerprint density at radius 1 is 1.00 bits per heavy atom. The molecule has 0 bridgehead atoms. The fraction of sp³-hybridized carbons (Fsp3) is 0.143. The van der Waals surface area contributed by atoms with Crippen LogP contribution in [0.3, 0.4) is 0 Å². The summed E-state index contributed by atoms with van der Waals surface area (Å²) in [6.45, 7) is 4.30. The fourth-order valence-electron chi connectivity index (χ4n) is 3.97. The normalized spacial score (nSPS) is 10.8. The van der Waals surface area contributed by atoms with Crippen molar-refractivity contribution in [3.05, 3.63) is 111 Å². The summed E-state index contributed by atoms with van der Waals surface area (Å²) >= 11 is 6.36. The summed E-state index contributed by atoms with van der Waals surface area (Å²) in [5, 5.41) is 1.39. The molecule has 0 unspecified atom stereocenters. The van der Waals surface area contributed by atoms with Gasteiger partial charge in [-0.1, -0.05) is 54.6 Å². The van der Waals surface area contributed by atoms with Gasteiger partial charge in [-0.25, -0.2) is 4.79 Å². The molecule has 0 atom stereocenters. The number of para-hydroxylation sites is 1. The number of methoxy groups -OCH3 is 2. The van der Waals surface area contributed by atoms with E-state index in [2.05, 4.69) is 6.58 Å². The van der Waals surface area contributed by atoms with Crippen molar-refractivity contribution in [3.8, 4) is 11.4 Å². The summed E-state index contributed by atoms with van der Waals surface area (Å²) in [4.78, 5) is 25.0. The SMILES string of the molecule is C=C(CCc1ccc(C(=O)OC)cc1)c1ccc(Cl)cc1-n1c(=O)c(OC)cc2ccccc21. The van der Waals surface area contributed by atoms with Crippen LogP contribution in [0.2, 0.25) is 5.02 Å².